The maximum atomic E-state index is 11.1. The highest BCUT2D eigenvalue weighted by molar-refractivity contribution is 5.92. The Hall–Kier alpha value is -1.22. The van der Waals surface area contributed by atoms with E-state index in [1.165, 1.54) is 0 Å². The smallest absolute Gasteiger partial charge is 0.178 e. The summed E-state index contributed by atoms with van der Waals surface area (Å²) in [5.74, 6) is 0.0319. The van der Waals surface area contributed by atoms with E-state index in [9.17, 15) is 4.79 Å². The predicted octanol–water partition coefficient (Wildman–Crippen LogP) is 1.78. The van der Waals surface area contributed by atoms with Gasteiger partial charge in [0, 0.05) is 12.6 Å². The molecule has 0 fully saturated rings. The number of hydrogen-bond donors (Lipinski definition) is 0. The Labute approximate surface area is 91.1 Å². The Morgan fingerprint density at radius 2 is 2.13 bits per heavy atom. The highest BCUT2D eigenvalue weighted by Crippen LogP contribution is 2.03. The monoisotopic (exact) mass is 206 g/mol. The van der Waals surface area contributed by atoms with Crippen molar-refractivity contribution in [3.8, 4) is 0 Å². The molecule has 0 atom stereocenters. The summed E-state index contributed by atoms with van der Waals surface area (Å²) in [7, 11) is 4.11. The van der Waals surface area contributed by atoms with Crippen LogP contribution < -0.4 is 0 Å². The molecule has 0 N–H and O–H groups in total. The van der Waals surface area contributed by atoms with Gasteiger partial charge in [-0.05, 0) is 45.6 Å². The summed E-state index contributed by atoms with van der Waals surface area (Å²) < 4.78 is 0. The Morgan fingerprint density at radius 3 is 2.73 bits per heavy atom. The molecule has 1 heterocycles. The number of hydrogen-bond acceptors (Lipinski definition) is 3. The molecule has 0 radical (unpaired) electrons. The molecule has 0 saturated heterocycles. The van der Waals surface area contributed by atoms with Crippen LogP contribution >= 0.6 is 0 Å². The summed E-state index contributed by atoms with van der Waals surface area (Å²) in [4.78, 5) is 17.6. The lowest BCUT2D eigenvalue weighted by molar-refractivity contribution is 0.101. The van der Waals surface area contributed by atoms with Gasteiger partial charge in [0.2, 0.25) is 0 Å². The molecule has 0 aliphatic carbocycles. The zero-order chi connectivity index (χ0) is 11.3. The minimum atomic E-state index is 0.0319. The molecular formula is C12H18N2O. The minimum absolute atomic E-state index is 0.0319. The van der Waals surface area contributed by atoms with E-state index < -0.39 is 0 Å². The van der Waals surface area contributed by atoms with Gasteiger partial charge in [-0.2, -0.15) is 0 Å². The third kappa shape index (κ3) is 4.21. The number of pyridine rings is 1. The topological polar surface area (TPSA) is 33.2 Å². The van der Waals surface area contributed by atoms with Crippen LogP contribution in [0.1, 0.15) is 29.5 Å². The molecule has 0 saturated carbocycles. The van der Waals surface area contributed by atoms with Gasteiger partial charge in [-0.3, -0.25) is 4.79 Å². The van der Waals surface area contributed by atoms with Crippen molar-refractivity contribution in [1.82, 2.24) is 9.88 Å². The van der Waals surface area contributed by atoms with Gasteiger partial charge in [-0.1, -0.05) is 6.07 Å². The molecule has 0 amide bonds. The Morgan fingerprint density at radius 1 is 1.40 bits per heavy atom. The van der Waals surface area contributed by atoms with Crippen LogP contribution in [0.15, 0.2) is 18.2 Å². The molecule has 0 aliphatic rings. The molecule has 82 valence electrons. The molecule has 0 aliphatic heterocycles. The molecule has 1 rings (SSSR count). The van der Waals surface area contributed by atoms with Gasteiger partial charge in [0.05, 0.1) is 0 Å². The van der Waals surface area contributed by atoms with E-state index >= 15 is 0 Å². The zero-order valence-electron chi connectivity index (χ0n) is 9.66. The fourth-order valence-electron chi connectivity index (χ4n) is 1.39. The van der Waals surface area contributed by atoms with E-state index in [1.807, 2.05) is 12.1 Å². The van der Waals surface area contributed by atoms with Crippen molar-refractivity contribution in [3.05, 3.63) is 29.6 Å². The summed E-state index contributed by atoms with van der Waals surface area (Å²) >= 11 is 0. The van der Waals surface area contributed by atoms with Crippen LogP contribution in [0, 0.1) is 0 Å². The SMILES string of the molecule is CC(=O)c1cccc(CCCN(C)C)n1. The van der Waals surface area contributed by atoms with Gasteiger partial charge in [0.1, 0.15) is 5.69 Å². The van der Waals surface area contributed by atoms with E-state index in [2.05, 4.69) is 24.0 Å². The molecule has 1 aromatic heterocycles. The van der Waals surface area contributed by atoms with Crippen molar-refractivity contribution in [2.75, 3.05) is 20.6 Å². The molecule has 0 unspecified atom stereocenters. The van der Waals surface area contributed by atoms with Crippen molar-refractivity contribution in [2.45, 2.75) is 19.8 Å². The fourth-order valence-corrected chi connectivity index (χ4v) is 1.39. The molecule has 1 aromatic rings. The van der Waals surface area contributed by atoms with Crippen LogP contribution in [-0.4, -0.2) is 36.3 Å². The van der Waals surface area contributed by atoms with Gasteiger partial charge in [-0.25, -0.2) is 4.98 Å². The van der Waals surface area contributed by atoms with Gasteiger partial charge in [0.15, 0.2) is 5.78 Å². The number of rotatable bonds is 5. The second-order valence-corrected chi connectivity index (χ2v) is 3.98. The molecule has 0 aromatic carbocycles. The van der Waals surface area contributed by atoms with E-state index in [4.69, 9.17) is 0 Å². The van der Waals surface area contributed by atoms with Gasteiger partial charge in [-0.15, -0.1) is 0 Å². The first-order valence-electron chi connectivity index (χ1n) is 5.21. The number of aryl methyl sites for hydroxylation is 1. The molecule has 15 heavy (non-hydrogen) atoms. The number of nitrogens with zero attached hydrogens (tertiary/aromatic N) is 2. The maximum absolute atomic E-state index is 11.1. The number of carbonyl (C=O) groups excluding carboxylic acids is 1. The minimum Gasteiger partial charge on any atom is -0.309 e. The highest BCUT2D eigenvalue weighted by atomic mass is 16.1. The van der Waals surface area contributed by atoms with Gasteiger partial charge >= 0.3 is 0 Å². The summed E-state index contributed by atoms with van der Waals surface area (Å²) in [5.41, 5.74) is 1.57. The maximum Gasteiger partial charge on any atom is 0.178 e. The second kappa shape index (κ2) is 5.61. The summed E-state index contributed by atoms with van der Waals surface area (Å²) in [6.45, 7) is 2.60. The van der Waals surface area contributed by atoms with Gasteiger partial charge < -0.3 is 4.90 Å². The lowest BCUT2D eigenvalue weighted by atomic mass is 10.2. The van der Waals surface area contributed by atoms with Crippen molar-refractivity contribution in [2.24, 2.45) is 0 Å². The summed E-state index contributed by atoms with van der Waals surface area (Å²) in [5, 5.41) is 0. The molecule has 0 bridgehead atoms. The average molecular weight is 206 g/mol. The zero-order valence-corrected chi connectivity index (χ0v) is 9.66. The van der Waals surface area contributed by atoms with Crippen LogP contribution in [0.3, 0.4) is 0 Å². The predicted molar refractivity (Wildman–Crippen MR) is 61.1 cm³/mol. The van der Waals surface area contributed by atoms with Crippen molar-refractivity contribution >= 4 is 5.78 Å². The highest BCUT2D eigenvalue weighted by Gasteiger charge is 2.02. The fraction of sp³-hybridized carbons (Fsp3) is 0.500. The van der Waals surface area contributed by atoms with E-state index in [1.54, 1.807) is 13.0 Å². The van der Waals surface area contributed by atoms with Crippen LogP contribution in [0.4, 0.5) is 0 Å². The quantitative estimate of drug-likeness (QED) is 0.688. The molecule has 3 heteroatoms. The normalized spacial score (nSPS) is 10.7. The first-order chi connectivity index (χ1) is 7.09. The van der Waals surface area contributed by atoms with Crippen molar-refractivity contribution in [1.29, 1.82) is 0 Å². The first kappa shape index (κ1) is 11.9. The van der Waals surface area contributed by atoms with Crippen LogP contribution in [0.2, 0.25) is 0 Å². The average Bonchev–Trinajstić information content (AvgIpc) is 2.17. The standard InChI is InChI=1S/C12H18N2O/c1-10(15)12-8-4-6-11(13-12)7-5-9-14(2)3/h4,6,8H,5,7,9H2,1-3H3. The first-order valence-corrected chi connectivity index (χ1v) is 5.21. The molecule has 3 nitrogen and oxygen atoms in total. The lowest BCUT2D eigenvalue weighted by Crippen LogP contribution is -2.13. The number of ketones is 1. The third-order valence-electron chi connectivity index (χ3n) is 2.21. The number of carbonyl (C=O) groups is 1. The van der Waals surface area contributed by atoms with E-state index in [0.717, 1.165) is 25.1 Å². The summed E-state index contributed by atoms with van der Waals surface area (Å²) in [6, 6.07) is 5.63. The molecule has 0 spiro atoms. The second-order valence-electron chi connectivity index (χ2n) is 3.98. The largest absolute Gasteiger partial charge is 0.309 e. The molecular weight excluding hydrogens is 188 g/mol. The van der Waals surface area contributed by atoms with Crippen LogP contribution in [0.25, 0.3) is 0 Å². The Kier molecular flexibility index (Phi) is 4.43. The third-order valence-corrected chi connectivity index (χ3v) is 2.21. The lowest BCUT2D eigenvalue weighted by Gasteiger charge is -2.08. The Balaban J connectivity index is 2.54. The van der Waals surface area contributed by atoms with Gasteiger partial charge in [0.25, 0.3) is 0 Å². The van der Waals surface area contributed by atoms with Crippen LogP contribution in [-0.2, 0) is 6.42 Å². The van der Waals surface area contributed by atoms with E-state index in [0.29, 0.717) is 5.69 Å². The van der Waals surface area contributed by atoms with Crippen LogP contribution in [0.5, 0.6) is 0 Å². The van der Waals surface area contributed by atoms with E-state index in [-0.39, 0.29) is 5.78 Å². The number of aromatic nitrogens is 1. The Bertz CT molecular complexity index is 334. The number of Topliss-reactive ketones (excluding diaryl/α,β-unsaturated/α-hetero) is 1. The summed E-state index contributed by atoms with van der Waals surface area (Å²) in [6.07, 6.45) is 2.00. The van der Waals surface area contributed by atoms with Crippen molar-refractivity contribution < 1.29 is 4.79 Å². The van der Waals surface area contributed by atoms with Crippen molar-refractivity contribution in [3.63, 3.8) is 0 Å².